The van der Waals surface area contributed by atoms with Crippen LogP contribution in [0.1, 0.15) is 35.7 Å². The number of urea groups is 1. The molecular formula is C25H27N7O3. The summed E-state index contributed by atoms with van der Waals surface area (Å²) in [4.78, 5) is 34.9. The summed E-state index contributed by atoms with van der Waals surface area (Å²) in [6.07, 6.45) is 1.38. The van der Waals surface area contributed by atoms with Gasteiger partial charge in [-0.25, -0.2) is 14.5 Å². The van der Waals surface area contributed by atoms with Crippen molar-refractivity contribution in [1.82, 2.24) is 29.9 Å². The third kappa shape index (κ3) is 4.72. The Hall–Kier alpha value is -4.21. The number of methoxy groups -OCH3 is 1. The van der Waals surface area contributed by atoms with Gasteiger partial charge in [-0.1, -0.05) is 47.2 Å². The number of ether oxygens (including phenoxy) is 1. The highest BCUT2D eigenvalue weighted by atomic mass is 16.5. The van der Waals surface area contributed by atoms with Crippen LogP contribution < -0.4 is 15.6 Å². The van der Waals surface area contributed by atoms with E-state index in [1.165, 1.54) is 5.56 Å². The number of aromatic nitrogens is 5. The molecule has 1 saturated heterocycles. The number of para-hydroxylation sites is 2. The fourth-order valence-electron chi connectivity index (χ4n) is 4.35. The summed E-state index contributed by atoms with van der Waals surface area (Å²) in [5.41, 5.74) is 3.27. The van der Waals surface area contributed by atoms with E-state index >= 15 is 0 Å². The molecule has 0 atom stereocenters. The molecular weight excluding hydrogens is 446 g/mol. The van der Waals surface area contributed by atoms with Gasteiger partial charge < -0.3 is 19.9 Å². The van der Waals surface area contributed by atoms with Crippen molar-refractivity contribution in [3.8, 4) is 5.75 Å². The molecule has 2 aromatic heterocycles. The van der Waals surface area contributed by atoms with Crippen LogP contribution in [0.25, 0.3) is 11.2 Å². The van der Waals surface area contributed by atoms with Crippen molar-refractivity contribution in [3.05, 3.63) is 75.8 Å². The van der Waals surface area contributed by atoms with Gasteiger partial charge in [0.05, 0.1) is 19.3 Å². The topological polar surface area (TPSA) is 118 Å². The first-order valence-corrected chi connectivity index (χ1v) is 11.6. The summed E-state index contributed by atoms with van der Waals surface area (Å²) in [6.45, 7) is 3.62. The highest BCUT2D eigenvalue weighted by Crippen LogP contribution is 2.28. The van der Waals surface area contributed by atoms with Crippen molar-refractivity contribution in [2.24, 2.45) is 0 Å². The normalized spacial score (nSPS) is 14.3. The number of aryl methyl sites for hydroxylation is 1. The quantitative estimate of drug-likeness (QED) is 0.459. The SMILES string of the molecule is COc1ccccc1NC(=O)N1CCC(c2nc3c(nnn3Cc3ccc(C)cc3)c(=O)[nH]2)CC1. The second-order valence-electron chi connectivity index (χ2n) is 8.75. The number of fused-ring (bicyclic) bond motifs is 1. The lowest BCUT2D eigenvalue weighted by atomic mass is 9.96. The minimum absolute atomic E-state index is 0.0325. The van der Waals surface area contributed by atoms with Crippen molar-refractivity contribution in [2.45, 2.75) is 32.2 Å². The van der Waals surface area contributed by atoms with Crippen LogP contribution in [0.15, 0.2) is 53.3 Å². The Kier molecular flexibility index (Phi) is 6.17. The van der Waals surface area contributed by atoms with Crippen LogP contribution in [-0.4, -0.2) is 56.1 Å². The van der Waals surface area contributed by atoms with Gasteiger partial charge in [0.2, 0.25) is 0 Å². The number of rotatable bonds is 5. The number of likely N-dealkylation sites (tertiary alicyclic amines) is 1. The van der Waals surface area contributed by atoms with Crippen molar-refractivity contribution in [2.75, 3.05) is 25.5 Å². The van der Waals surface area contributed by atoms with Gasteiger partial charge in [0.25, 0.3) is 5.56 Å². The summed E-state index contributed by atoms with van der Waals surface area (Å²) in [5, 5.41) is 11.1. The Morgan fingerprint density at radius 2 is 1.89 bits per heavy atom. The van der Waals surface area contributed by atoms with E-state index in [2.05, 4.69) is 20.6 Å². The third-order valence-electron chi connectivity index (χ3n) is 6.36. The number of nitrogens with one attached hydrogen (secondary N) is 2. The number of hydrogen-bond donors (Lipinski definition) is 2. The zero-order valence-electron chi connectivity index (χ0n) is 19.7. The Labute approximate surface area is 201 Å². The highest BCUT2D eigenvalue weighted by Gasteiger charge is 2.27. The van der Waals surface area contributed by atoms with E-state index < -0.39 is 0 Å². The van der Waals surface area contributed by atoms with Crippen molar-refractivity contribution >= 4 is 22.9 Å². The first-order chi connectivity index (χ1) is 17.0. The number of carbonyl (C=O) groups is 1. The van der Waals surface area contributed by atoms with Crippen molar-refractivity contribution in [1.29, 1.82) is 0 Å². The Morgan fingerprint density at radius 1 is 1.14 bits per heavy atom. The Morgan fingerprint density at radius 3 is 2.63 bits per heavy atom. The molecule has 10 heteroatoms. The first-order valence-electron chi connectivity index (χ1n) is 11.6. The number of benzene rings is 2. The molecule has 0 aliphatic carbocycles. The lowest BCUT2D eigenvalue weighted by Gasteiger charge is -2.31. The second kappa shape index (κ2) is 9.57. The van der Waals surface area contributed by atoms with Crippen molar-refractivity contribution < 1.29 is 9.53 Å². The maximum Gasteiger partial charge on any atom is 0.321 e. The average molecular weight is 474 g/mol. The summed E-state index contributed by atoms with van der Waals surface area (Å²) in [5.74, 6) is 1.26. The van der Waals surface area contributed by atoms with Gasteiger partial charge in [-0.3, -0.25) is 4.79 Å². The van der Waals surface area contributed by atoms with Crippen LogP contribution in [0.2, 0.25) is 0 Å². The average Bonchev–Trinajstić information content (AvgIpc) is 3.29. The maximum atomic E-state index is 12.8. The fourth-order valence-corrected chi connectivity index (χ4v) is 4.35. The molecule has 35 heavy (non-hydrogen) atoms. The molecule has 4 aromatic rings. The second-order valence-corrected chi connectivity index (χ2v) is 8.75. The fraction of sp³-hybridized carbons (Fsp3) is 0.320. The molecule has 3 heterocycles. The van der Waals surface area contributed by atoms with Gasteiger partial charge in [0, 0.05) is 19.0 Å². The number of hydrogen-bond acceptors (Lipinski definition) is 6. The molecule has 2 amide bonds. The molecule has 0 spiro atoms. The molecule has 180 valence electrons. The minimum atomic E-state index is -0.295. The number of nitrogens with zero attached hydrogens (tertiary/aromatic N) is 5. The van der Waals surface area contributed by atoms with E-state index in [-0.39, 0.29) is 23.0 Å². The number of anilines is 1. The molecule has 5 rings (SSSR count). The van der Waals surface area contributed by atoms with Gasteiger partial charge >= 0.3 is 6.03 Å². The van der Waals surface area contributed by atoms with Crippen LogP contribution in [0.4, 0.5) is 10.5 Å². The van der Waals surface area contributed by atoms with Crippen LogP contribution >= 0.6 is 0 Å². The molecule has 10 nitrogen and oxygen atoms in total. The predicted molar refractivity (Wildman–Crippen MR) is 132 cm³/mol. The van der Waals surface area contributed by atoms with Gasteiger partial charge in [-0.2, -0.15) is 0 Å². The van der Waals surface area contributed by atoms with Crippen molar-refractivity contribution in [3.63, 3.8) is 0 Å². The van der Waals surface area contributed by atoms with E-state index in [1.807, 2.05) is 43.3 Å². The zero-order chi connectivity index (χ0) is 24.4. The van der Waals surface area contributed by atoms with Gasteiger partial charge in [0.15, 0.2) is 11.2 Å². The third-order valence-corrected chi connectivity index (χ3v) is 6.36. The highest BCUT2D eigenvalue weighted by molar-refractivity contribution is 5.91. The summed E-state index contributed by atoms with van der Waals surface area (Å²) >= 11 is 0. The molecule has 0 unspecified atom stereocenters. The first kappa shape index (κ1) is 22.6. The number of carbonyl (C=O) groups excluding carboxylic acids is 1. The number of piperidine rings is 1. The van der Waals surface area contributed by atoms with Gasteiger partial charge in [-0.15, -0.1) is 5.10 Å². The molecule has 1 fully saturated rings. The molecule has 1 aliphatic rings. The van der Waals surface area contributed by atoms with Gasteiger partial charge in [-0.05, 0) is 37.5 Å². The number of amides is 2. The van der Waals surface area contributed by atoms with Crippen LogP contribution in [-0.2, 0) is 6.54 Å². The molecule has 0 radical (unpaired) electrons. The van der Waals surface area contributed by atoms with E-state index in [0.717, 1.165) is 5.56 Å². The predicted octanol–water partition coefficient (Wildman–Crippen LogP) is 3.29. The monoisotopic (exact) mass is 473 g/mol. The minimum Gasteiger partial charge on any atom is -0.495 e. The summed E-state index contributed by atoms with van der Waals surface area (Å²) in [6, 6.07) is 15.3. The lowest BCUT2D eigenvalue weighted by Crippen LogP contribution is -2.41. The van der Waals surface area contributed by atoms with Crippen LogP contribution in [0.5, 0.6) is 5.75 Å². The smallest absolute Gasteiger partial charge is 0.321 e. The largest absolute Gasteiger partial charge is 0.495 e. The summed E-state index contributed by atoms with van der Waals surface area (Å²) in [7, 11) is 1.57. The number of aromatic amines is 1. The van der Waals surface area contributed by atoms with Gasteiger partial charge in [0.1, 0.15) is 11.6 Å². The molecule has 2 aromatic carbocycles. The Bertz CT molecular complexity index is 1400. The number of H-pyrrole nitrogens is 1. The van der Waals surface area contributed by atoms with E-state index in [4.69, 9.17) is 9.72 Å². The molecule has 0 bridgehead atoms. The van der Waals surface area contributed by atoms with E-state index in [9.17, 15) is 9.59 Å². The summed E-state index contributed by atoms with van der Waals surface area (Å²) < 4.78 is 6.97. The van der Waals surface area contributed by atoms with E-state index in [0.29, 0.717) is 55.4 Å². The molecule has 2 N–H and O–H groups in total. The molecule has 1 aliphatic heterocycles. The standard InChI is InChI=1S/C25H27N7O3/c1-16-7-9-17(10-8-16)15-32-23-21(29-30-32)24(33)28-22(27-23)18-11-13-31(14-12-18)25(34)26-19-5-3-4-6-20(19)35-2/h3-10,18H,11-15H2,1-2H3,(H,26,34)(H,27,28,33). The lowest BCUT2D eigenvalue weighted by molar-refractivity contribution is 0.193. The Balaban J connectivity index is 1.29. The van der Waals surface area contributed by atoms with Crippen LogP contribution in [0, 0.1) is 6.92 Å². The molecule has 0 saturated carbocycles. The zero-order valence-corrected chi connectivity index (χ0v) is 19.7. The maximum absolute atomic E-state index is 12.8. The van der Waals surface area contributed by atoms with Crippen LogP contribution in [0.3, 0.4) is 0 Å². The van der Waals surface area contributed by atoms with E-state index in [1.54, 1.807) is 28.8 Å².